The molecule has 2 fully saturated rings. The molecule has 0 aliphatic carbocycles. The molecule has 28 heteroatoms. The number of nitrogens with zero attached hydrogens (tertiary/aromatic N) is 13. The van der Waals surface area contributed by atoms with Crippen molar-refractivity contribution in [1.29, 1.82) is 0 Å². The van der Waals surface area contributed by atoms with Crippen LogP contribution in [0.25, 0.3) is 45.1 Å². The molecule has 6 aromatic heterocycles. The molecule has 0 radical (unpaired) electrons. The molecular weight excluding hydrogens is 1170 g/mol. The van der Waals surface area contributed by atoms with E-state index in [-0.39, 0.29) is 103 Å². The third kappa shape index (κ3) is 13.3. The van der Waals surface area contributed by atoms with Crippen LogP contribution in [-0.4, -0.2) is 96.9 Å². The molecule has 0 saturated carbocycles. The number of amides is 2. The third-order valence-corrected chi connectivity index (χ3v) is 17.9. The summed E-state index contributed by atoms with van der Waals surface area (Å²) in [5, 5.41) is 9.04. The third-order valence-electron chi connectivity index (χ3n) is 16.2. The van der Waals surface area contributed by atoms with Gasteiger partial charge in [-0.05, 0) is 82.0 Å². The average molecular weight is 1250 g/mol. The number of rotatable bonds is 21. The Morgan fingerprint density at radius 1 is 0.614 bits per heavy atom. The lowest BCUT2D eigenvalue weighted by atomic mass is 10.0. The van der Waals surface area contributed by atoms with Crippen LogP contribution in [0.5, 0.6) is 0 Å². The summed E-state index contributed by atoms with van der Waals surface area (Å²) in [6, 6.07) is 9.96. The van der Waals surface area contributed by atoms with Gasteiger partial charge in [0.25, 0.3) is 11.1 Å². The highest BCUT2D eigenvalue weighted by molar-refractivity contribution is 6.76. The topological polar surface area (TPSA) is 220 Å². The zero-order valence-electron chi connectivity index (χ0n) is 50.8. The zero-order chi connectivity index (χ0) is 63.7. The Morgan fingerprint density at radius 2 is 1.08 bits per heavy atom. The van der Waals surface area contributed by atoms with Gasteiger partial charge in [0.2, 0.25) is 11.8 Å². The van der Waals surface area contributed by atoms with Crippen LogP contribution in [0.2, 0.25) is 25.7 Å². The van der Waals surface area contributed by atoms with E-state index in [0.717, 1.165) is 30.3 Å². The largest absolute Gasteiger partial charge is 0.416 e. The first-order chi connectivity index (χ1) is 41.7. The van der Waals surface area contributed by atoms with E-state index in [1.165, 1.54) is 47.8 Å². The molecule has 1 N–H and O–H groups in total. The van der Waals surface area contributed by atoms with E-state index < -0.39 is 48.4 Å². The second-order valence-electron chi connectivity index (χ2n) is 23.9. The highest BCUT2D eigenvalue weighted by atomic mass is 28.3. The fourth-order valence-electron chi connectivity index (χ4n) is 11.3. The van der Waals surface area contributed by atoms with Crippen molar-refractivity contribution in [3.63, 3.8) is 0 Å². The Labute approximate surface area is 503 Å². The number of fused-ring (bicyclic) bond motifs is 2. The molecule has 10 rings (SSSR count). The molecule has 2 aliphatic rings. The molecule has 0 spiro atoms. The first-order valence-corrected chi connectivity index (χ1v) is 33.5. The first kappa shape index (κ1) is 64.3. The normalized spacial score (nSPS) is 16.6. The second-order valence-corrected chi connectivity index (χ2v) is 29.5. The number of benzene rings is 2. The van der Waals surface area contributed by atoms with Crippen LogP contribution >= 0.6 is 0 Å². The summed E-state index contributed by atoms with van der Waals surface area (Å²) in [6.07, 6.45) is 0.647. The van der Waals surface area contributed by atoms with E-state index in [9.17, 15) is 55.1 Å². The number of ether oxygens (including phenoxy) is 1. The molecule has 2 amide bonds. The van der Waals surface area contributed by atoms with Crippen LogP contribution in [0.1, 0.15) is 103 Å². The average Bonchev–Trinajstić information content (AvgIpc) is 1.83. The number of alkyl halides is 6. The lowest BCUT2D eigenvalue weighted by Gasteiger charge is -2.21. The lowest BCUT2D eigenvalue weighted by molar-refractivity contribution is -0.138. The molecule has 4 atom stereocenters. The van der Waals surface area contributed by atoms with Crippen LogP contribution in [0.4, 0.5) is 37.7 Å². The van der Waals surface area contributed by atoms with E-state index in [1.54, 1.807) is 43.3 Å². The second kappa shape index (κ2) is 25.9. The number of H-pyrrole nitrogens is 1. The zero-order valence-corrected chi connectivity index (χ0v) is 51.8. The summed E-state index contributed by atoms with van der Waals surface area (Å²) in [7, 11) is -1.39. The number of aromatic amines is 1. The van der Waals surface area contributed by atoms with E-state index >= 15 is 0 Å². The van der Waals surface area contributed by atoms with Gasteiger partial charge in [0.15, 0.2) is 16.8 Å². The van der Waals surface area contributed by atoms with Gasteiger partial charge in [0.1, 0.15) is 23.9 Å². The number of carbonyl (C=O) groups excluding carboxylic acids is 2. The van der Waals surface area contributed by atoms with Gasteiger partial charge in [-0.25, -0.2) is 19.6 Å². The predicted molar refractivity (Wildman–Crippen MR) is 324 cm³/mol. The molecule has 2 aliphatic heterocycles. The van der Waals surface area contributed by atoms with E-state index in [4.69, 9.17) is 9.72 Å². The van der Waals surface area contributed by atoms with Gasteiger partial charge < -0.3 is 19.5 Å². The van der Waals surface area contributed by atoms with Gasteiger partial charge >= 0.3 is 23.7 Å². The van der Waals surface area contributed by atoms with Crippen molar-refractivity contribution >= 4 is 53.6 Å². The van der Waals surface area contributed by atoms with Crippen LogP contribution in [-0.2, 0) is 59.6 Å². The summed E-state index contributed by atoms with van der Waals surface area (Å²) in [4.78, 5) is 94.3. The van der Waals surface area contributed by atoms with Gasteiger partial charge in [-0.15, -0.1) is 0 Å². The molecule has 472 valence electrons. The van der Waals surface area contributed by atoms with Crippen molar-refractivity contribution < 1.29 is 40.7 Å². The number of carbonyl (C=O) groups is 2. The summed E-state index contributed by atoms with van der Waals surface area (Å²) in [5.41, 5.74) is -0.500. The maximum atomic E-state index is 13.8. The maximum absolute atomic E-state index is 13.8. The van der Waals surface area contributed by atoms with Gasteiger partial charge in [-0.1, -0.05) is 59.5 Å². The van der Waals surface area contributed by atoms with E-state index in [0.29, 0.717) is 85.9 Å². The van der Waals surface area contributed by atoms with Crippen LogP contribution in [0.15, 0.2) is 92.5 Å². The molecule has 21 nitrogen and oxygen atoms in total. The molecule has 88 heavy (non-hydrogen) atoms. The SMILES string of the molecule is CCCn1c(=O)c2[nH]c(-c3cnn(C(C)C4CC(=O)N(c5cccc(C(F)(F)F)c5)C4)c3)nc2n(CCC)c1=O.CCCn1c(=O)c2c(nc(-c3cnn(C(C)C4CC(=O)N(c5cccc(C(F)(F)F)c5)C4)c3)n2COCC[Si](C)(C)C)n(CCC)c1=O. The molecule has 2 aromatic carbocycles. The minimum absolute atomic E-state index is 0.0613. The van der Waals surface area contributed by atoms with Crippen molar-refractivity contribution in [2.45, 2.75) is 163 Å². The Morgan fingerprint density at radius 3 is 1.57 bits per heavy atom. The number of hydrogen-bond acceptors (Lipinski definition) is 11. The fourth-order valence-corrected chi connectivity index (χ4v) is 12.0. The van der Waals surface area contributed by atoms with Crippen LogP contribution < -0.4 is 32.3 Å². The highest BCUT2D eigenvalue weighted by Crippen LogP contribution is 2.38. The van der Waals surface area contributed by atoms with Crippen molar-refractivity contribution in [2.24, 2.45) is 11.8 Å². The minimum atomic E-state index is -4.51. The van der Waals surface area contributed by atoms with E-state index in [1.807, 2.05) is 41.5 Å². The number of nitrogens with one attached hydrogen (secondary N) is 1. The Balaban J connectivity index is 0.000000213. The Bertz CT molecular complexity index is 4110. The van der Waals surface area contributed by atoms with Crippen molar-refractivity contribution in [1.82, 2.24) is 57.3 Å². The standard InChI is InChI=1S/C33H44F3N7O4Si.C27H30F3N7O3/c1-7-12-39-30-28(31(45)40(13-8-2)32(39)46)42(21-47-14-15-48(4,5)6)29(38-30)24-18-37-43(20-24)22(3)23-16-27(44)41(19-23)26-11-9-10-25(17-26)33(34,35)36;1-4-9-34-24-22(25(39)35(10-5-2)26(34)40)32-23(33-24)18-13-31-37(15-18)16(3)17-11-21(38)36(14-17)20-8-6-7-19(12-20)27(28,29)30/h9-11,17-18,20,22-23H,7-8,12-16,19,21H2,1-6H3;6-8,12-13,15-17H,4-5,9-11,14H2,1-3H3,(H,32,33). The van der Waals surface area contributed by atoms with Crippen molar-refractivity contribution in [2.75, 3.05) is 29.5 Å². The van der Waals surface area contributed by atoms with Crippen LogP contribution in [0.3, 0.4) is 0 Å². The van der Waals surface area contributed by atoms with E-state index in [2.05, 4.69) is 39.8 Å². The van der Waals surface area contributed by atoms with Crippen LogP contribution in [0, 0.1) is 11.8 Å². The highest BCUT2D eigenvalue weighted by Gasteiger charge is 2.39. The van der Waals surface area contributed by atoms with Crippen molar-refractivity contribution in [3.8, 4) is 22.8 Å². The summed E-state index contributed by atoms with van der Waals surface area (Å²) >= 11 is 0. The molecule has 0 bridgehead atoms. The summed E-state index contributed by atoms with van der Waals surface area (Å²) in [5.74, 6) is -0.107. The monoisotopic (exact) mass is 1240 g/mol. The number of halogens is 6. The fraction of sp³-hybridized carbons (Fsp3) is 0.500. The smallest absolute Gasteiger partial charge is 0.361 e. The number of anilines is 2. The molecule has 4 unspecified atom stereocenters. The molecular formula is C60H74F6N14O7Si. The maximum Gasteiger partial charge on any atom is 0.416 e. The van der Waals surface area contributed by atoms with Gasteiger partial charge in [0.05, 0.1) is 46.7 Å². The molecule has 2 saturated heterocycles. The lowest BCUT2D eigenvalue weighted by Crippen LogP contribution is -2.40. The number of aromatic nitrogens is 12. The first-order valence-electron chi connectivity index (χ1n) is 29.8. The summed E-state index contributed by atoms with van der Waals surface area (Å²) < 4.78 is 96.4. The van der Waals surface area contributed by atoms with Gasteiger partial charge in [-0.3, -0.25) is 51.4 Å². The van der Waals surface area contributed by atoms with Gasteiger partial charge in [-0.2, -0.15) is 36.5 Å². The Kier molecular flexibility index (Phi) is 18.9. The minimum Gasteiger partial charge on any atom is -0.361 e. The number of hydrogen-bond donors (Lipinski definition) is 1. The van der Waals surface area contributed by atoms with Gasteiger partial charge in [0, 0.05) is 102 Å². The number of aryl methyl sites for hydroxylation is 2. The molecule has 8 aromatic rings. The number of imidazole rings is 2. The quantitative estimate of drug-likeness (QED) is 0.0405. The predicted octanol–water partition coefficient (Wildman–Crippen LogP) is 10.2. The molecule has 8 heterocycles. The summed E-state index contributed by atoms with van der Waals surface area (Å²) in [6.45, 7) is 20.7. The van der Waals surface area contributed by atoms with Crippen molar-refractivity contribution in [3.05, 3.63) is 126 Å². The Hall–Kier alpha value is -8.14.